The minimum atomic E-state index is -0.943. The van der Waals surface area contributed by atoms with Gasteiger partial charge in [-0.2, -0.15) is 19.9 Å². The maximum Gasteiger partial charge on any atom is 0.270 e. The molecule has 12 heterocycles. The van der Waals surface area contributed by atoms with Crippen LogP contribution in [-0.2, 0) is 28.2 Å². The highest BCUT2D eigenvalue weighted by atomic mass is 35.5. The number of piperidine rings is 4. The molecule has 18 N–H and O–H groups in total. The van der Waals surface area contributed by atoms with Gasteiger partial charge in [0.15, 0.2) is 5.15 Å². The lowest BCUT2D eigenvalue weighted by Gasteiger charge is -2.42. The van der Waals surface area contributed by atoms with Crippen molar-refractivity contribution < 1.29 is 8.78 Å². The molecule has 4 saturated heterocycles. The van der Waals surface area contributed by atoms with E-state index in [9.17, 15) is 28.0 Å². The van der Waals surface area contributed by atoms with Gasteiger partial charge in [0.25, 0.3) is 22.2 Å². The van der Waals surface area contributed by atoms with Gasteiger partial charge in [-0.25, -0.2) is 18.7 Å². The van der Waals surface area contributed by atoms with Gasteiger partial charge >= 0.3 is 0 Å². The van der Waals surface area contributed by atoms with Crippen molar-refractivity contribution in [3.05, 3.63) is 129 Å². The van der Waals surface area contributed by atoms with Crippen LogP contribution in [-0.4, -0.2) is 147 Å². The second kappa shape index (κ2) is 36.8. The number of alkyl halides is 2. The molecule has 8 aromatic heterocycles. The molecule has 0 radical (unpaired) electrons. The van der Waals surface area contributed by atoms with Crippen molar-refractivity contribution in [3.8, 4) is 0 Å². The summed E-state index contributed by atoms with van der Waals surface area (Å²) in [7, 11) is 6.90. The van der Waals surface area contributed by atoms with Gasteiger partial charge in [-0.15, -0.1) is 0 Å². The molecule has 121 heavy (non-hydrogen) atoms. The zero-order valence-corrected chi connectivity index (χ0v) is 76.1. The topological polar surface area (TPSA) is 438 Å². The van der Waals surface area contributed by atoms with E-state index in [1.54, 1.807) is 66.5 Å². The van der Waals surface area contributed by atoms with Crippen LogP contribution < -0.4 is 93.4 Å². The molecule has 0 amide bonds. The lowest BCUT2D eigenvalue weighted by molar-refractivity contribution is 0.166. The number of aryl methyl sites for hydroxylation is 2. The Morgan fingerprint density at radius 2 is 0.727 bits per heavy atom. The van der Waals surface area contributed by atoms with E-state index in [0.29, 0.717) is 86.5 Å². The Morgan fingerprint density at radius 1 is 0.413 bits per heavy atom. The van der Waals surface area contributed by atoms with E-state index in [4.69, 9.17) is 86.4 Å². The van der Waals surface area contributed by atoms with Crippen LogP contribution >= 0.6 is 81.9 Å². The Balaban J connectivity index is 0.000000139. The molecule has 29 nitrogen and oxygen atoms in total. The quantitative estimate of drug-likeness (QED) is 0.0513. The summed E-state index contributed by atoms with van der Waals surface area (Å²) in [6.45, 7) is 20.1. The number of anilines is 9. The highest BCUT2D eigenvalue weighted by molar-refractivity contribution is 8.00. The van der Waals surface area contributed by atoms with E-state index < -0.39 is 24.4 Å². The fourth-order valence-corrected chi connectivity index (χ4v) is 24.3. The van der Waals surface area contributed by atoms with Crippen molar-refractivity contribution in [2.75, 3.05) is 101 Å². The van der Waals surface area contributed by atoms with Crippen molar-refractivity contribution in [2.24, 2.45) is 96.5 Å². The van der Waals surface area contributed by atoms with E-state index in [-0.39, 0.29) is 112 Å². The molecule has 10 atom stereocenters. The SMILES string of the molecule is C[C@H]1C[C@@H](N)C2(CCN(c3nc(N)c(Sc4cc(N)nc(Cl)c4Cl)c(=O)n3C)CC2)C1.Cc1c(Sc2c(N)nc(N3CCC4(CC3)C[C@@H](C)C[C@H]4N)n(C)c2=O)ccnc1Cl.Cc1ncccc1Sc1c(N)nc(N2CCC3(CC2)C[C@@H](C)[C@@H](F)[C@H]3N)n(C)c1=O.Cc1ncccc1Sc1c(N)nc(N2CCC3(CC2)C[C@@H](C)[C@H](F)[C@H]3N)n(C)c1=O. The number of hydrogen-bond donors (Lipinski definition) is 9. The average Bonchev–Trinajstić information content (AvgIpc) is 1.65. The van der Waals surface area contributed by atoms with Crippen LogP contribution in [0.5, 0.6) is 0 Å². The van der Waals surface area contributed by atoms with Gasteiger partial charge < -0.3 is 71.2 Å². The van der Waals surface area contributed by atoms with E-state index in [0.717, 1.165) is 147 Å². The maximum absolute atomic E-state index is 14.4. The predicted octanol–water partition coefficient (Wildman–Crippen LogP) is 11.4. The zero-order chi connectivity index (χ0) is 87.4. The molecule has 38 heteroatoms. The van der Waals surface area contributed by atoms with Gasteiger partial charge in [0.1, 0.15) is 66.2 Å². The predicted molar refractivity (Wildman–Crippen MR) is 484 cm³/mol. The number of rotatable bonds is 12. The fraction of sp³-hybridized carbons (Fsp3) is 0.566. The summed E-state index contributed by atoms with van der Waals surface area (Å²) in [6, 6.07) is 10.5. The smallest absolute Gasteiger partial charge is 0.270 e. The zero-order valence-electron chi connectivity index (χ0n) is 70.5. The first-order valence-electron chi connectivity index (χ1n) is 41.3. The van der Waals surface area contributed by atoms with Crippen LogP contribution in [0.1, 0.15) is 135 Å². The Kier molecular flexibility index (Phi) is 27.7. The molecule has 8 aliphatic rings. The number of pyridine rings is 4. The Morgan fingerprint density at radius 3 is 1.02 bits per heavy atom. The van der Waals surface area contributed by atoms with Crippen LogP contribution in [0.15, 0.2) is 113 Å². The minimum absolute atomic E-state index is 0.00286. The van der Waals surface area contributed by atoms with Gasteiger partial charge in [-0.1, -0.05) is 110 Å². The molecular weight excluding hydrogens is 1680 g/mol. The number of aromatic nitrogens is 12. The van der Waals surface area contributed by atoms with Crippen LogP contribution in [0.3, 0.4) is 0 Å². The van der Waals surface area contributed by atoms with E-state index in [2.05, 4.69) is 73.3 Å². The summed E-state index contributed by atoms with van der Waals surface area (Å²) in [6.07, 6.45) is 16.6. The lowest BCUT2D eigenvalue weighted by Crippen LogP contribution is -2.50. The normalized spacial score (nSPS) is 24.4. The number of nitrogens with two attached hydrogens (primary N) is 9. The largest absolute Gasteiger partial charge is 0.384 e. The van der Waals surface area contributed by atoms with E-state index >= 15 is 0 Å². The fourth-order valence-electron chi connectivity index (χ4n) is 19.8. The first-order valence-corrected chi connectivity index (χ1v) is 45.7. The maximum atomic E-state index is 14.4. The molecule has 4 saturated carbocycles. The van der Waals surface area contributed by atoms with Gasteiger partial charge in [-0.3, -0.25) is 47.4 Å². The lowest BCUT2D eigenvalue weighted by atomic mass is 9.74. The average molecular weight is 1800 g/mol. The molecule has 8 fully saturated rings. The summed E-state index contributed by atoms with van der Waals surface area (Å²) in [5.74, 6) is 4.69. The van der Waals surface area contributed by atoms with Crippen LogP contribution in [0.4, 0.5) is 61.7 Å². The van der Waals surface area contributed by atoms with Gasteiger partial charge in [0, 0.05) is 148 Å². The van der Waals surface area contributed by atoms with Gasteiger partial charge in [0.05, 0.1) is 16.4 Å². The molecular formula is C83H114Cl3F2N25O4S4. The monoisotopic (exact) mass is 1800 g/mol. The molecule has 4 spiro atoms. The molecule has 654 valence electrons. The number of nitrogen functional groups attached to an aromatic ring is 5. The van der Waals surface area contributed by atoms with Crippen LogP contribution in [0, 0.1) is 66.1 Å². The van der Waals surface area contributed by atoms with Gasteiger partial charge in [0.2, 0.25) is 23.8 Å². The molecule has 0 unspecified atom stereocenters. The molecule has 0 aromatic carbocycles. The third-order valence-corrected chi connectivity index (χ3v) is 33.1. The Hall–Kier alpha value is -7.71. The second-order valence-electron chi connectivity index (χ2n) is 34.9. The first kappa shape index (κ1) is 91.0. The highest BCUT2D eigenvalue weighted by Crippen LogP contribution is 2.54. The van der Waals surface area contributed by atoms with Crippen molar-refractivity contribution in [2.45, 2.75) is 214 Å². The van der Waals surface area contributed by atoms with E-state index in [1.165, 1.54) is 52.7 Å². The van der Waals surface area contributed by atoms with Crippen LogP contribution in [0.2, 0.25) is 15.3 Å². The summed E-state index contributed by atoms with van der Waals surface area (Å²) in [4.78, 5) is 100. The molecule has 4 aliphatic heterocycles. The number of halogens is 5. The van der Waals surface area contributed by atoms with E-state index in [1.807, 2.05) is 65.0 Å². The second-order valence-corrected chi connectivity index (χ2v) is 40.2. The number of nitrogens with zero attached hydrogens (tertiary/aromatic N) is 16. The van der Waals surface area contributed by atoms with Crippen molar-refractivity contribution in [1.82, 2.24) is 58.1 Å². The van der Waals surface area contributed by atoms with Gasteiger partial charge in [-0.05, 0) is 192 Å². The summed E-state index contributed by atoms with van der Waals surface area (Å²) in [5.41, 5.74) is 58.0. The van der Waals surface area contributed by atoms with Crippen molar-refractivity contribution in [1.29, 1.82) is 0 Å². The Bertz CT molecular complexity index is 5240. The molecule has 0 bridgehead atoms. The standard InChI is InChI=1S/C21H29ClN6OS.2C21H29FN6OS.C20H27Cl2N7OS/c1-12-10-15(23)21(11-12)5-8-28(9-6-21)20-26-18(24)16(19(29)27(20)3)30-14-4-7-25-17(22)13(14)2;2*1-12-11-21(17(23)15(12)22)6-9-28(10-7-21)20-26-18(24)16(19(29)27(20)3)30-14-5-4-8-25-13(14)2;1-10-7-12(23)20(9-10)3-5-29(6-4-20)19-27-17(25)15(18(30)28(19)2)31-11-8-13(24)26-16(22)14(11)21/h4,7,12,15H,5-6,8-11,23-24H2,1-3H3;2*4-5,8,12,15,17H,6-7,9-11,23-24H2,1-3H3;8,10,12H,3-7,9,23,25H2,1-2H3,(H2,24,26)/t12-,15+;12-,15+,17-;12-,15-,17-;10-,12+/m0110/s1. The third kappa shape index (κ3) is 18.4. The van der Waals surface area contributed by atoms with Crippen LogP contribution in [0.25, 0.3) is 0 Å². The summed E-state index contributed by atoms with van der Waals surface area (Å²) >= 11 is 23.3. The van der Waals surface area contributed by atoms with Crippen molar-refractivity contribution in [3.63, 3.8) is 0 Å². The minimum Gasteiger partial charge on any atom is -0.384 e. The number of hydrogen-bond acceptors (Lipinski definition) is 29. The highest BCUT2D eigenvalue weighted by Gasteiger charge is 2.54. The Labute approximate surface area is 736 Å². The third-order valence-electron chi connectivity index (χ3n) is 27.0. The summed E-state index contributed by atoms with van der Waals surface area (Å²) in [5, 5.41) is 0.711. The summed E-state index contributed by atoms with van der Waals surface area (Å²) < 4.78 is 35.0. The first-order chi connectivity index (χ1) is 57.3. The molecule has 4 aliphatic carbocycles. The molecule has 8 aromatic rings. The molecule has 16 rings (SSSR count). The van der Waals surface area contributed by atoms with Crippen molar-refractivity contribution >= 4 is 135 Å².